The predicted octanol–water partition coefficient (Wildman–Crippen LogP) is 2.07. The van der Waals surface area contributed by atoms with Crippen LogP contribution in [0.3, 0.4) is 0 Å². The SMILES string of the molecule is CNC(=O)CCn1c(CCl)nc2cc(Br)cnc21. The maximum Gasteiger partial charge on any atom is 0.221 e. The van der Waals surface area contributed by atoms with Gasteiger partial charge in [-0.15, -0.1) is 11.6 Å². The van der Waals surface area contributed by atoms with E-state index in [0.29, 0.717) is 18.8 Å². The zero-order valence-electron chi connectivity index (χ0n) is 9.78. The smallest absolute Gasteiger partial charge is 0.221 e. The van der Waals surface area contributed by atoms with Crippen LogP contribution in [0.5, 0.6) is 0 Å². The van der Waals surface area contributed by atoms with Gasteiger partial charge in [-0.3, -0.25) is 4.79 Å². The number of nitrogens with one attached hydrogen (secondary N) is 1. The number of carbonyl (C=O) groups is 1. The molecule has 0 bridgehead atoms. The minimum Gasteiger partial charge on any atom is -0.359 e. The maximum absolute atomic E-state index is 11.3. The molecule has 0 unspecified atom stereocenters. The second kappa shape index (κ2) is 5.67. The molecule has 18 heavy (non-hydrogen) atoms. The molecule has 2 heterocycles. The van der Waals surface area contributed by atoms with E-state index >= 15 is 0 Å². The van der Waals surface area contributed by atoms with Crippen molar-refractivity contribution >= 4 is 44.6 Å². The molecule has 0 saturated heterocycles. The van der Waals surface area contributed by atoms with E-state index in [2.05, 4.69) is 31.2 Å². The first-order chi connectivity index (χ1) is 8.65. The molecule has 0 aliphatic rings. The van der Waals surface area contributed by atoms with Crippen LogP contribution < -0.4 is 5.32 Å². The molecule has 7 heteroatoms. The second-order valence-electron chi connectivity index (χ2n) is 3.73. The Labute approximate surface area is 118 Å². The van der Waals surface area contributed by atoms with E-state index in [0.717, 1.165) is 21.5 Å². The molecular formula is C11H12BrClN4O. The van der Waals surface area contributed by atoms with Gasteiger partial charge in [-0.1, -0.05) is 0 Å². The van der Waals surface area contributed by atoms with Gasteiger partial charge in [0, 0.05) is 30.7 Å². The summed E-state index contributed by atoms with van der Waals surface area (Å²) in [4.78, 5) is 20.0. The van der Waals surface area contributed by atoms with E-state index in [1.165, 1.54) is 0 Å². The maximum atomic E-state index is 11.3. The highest BCUT2D eigenvalue weighted by atomic mass is 79.9. The minimum atomic E-state index is -0.0190. The van der Waals surface area contributed by atoms with E-state index < -0.39 is 0 Å². The van der Waals surface area contributed by atoms with Gasteiger partial charge in [-0.25, -0.2) is 9.97 Å². The Morgan fingerprint density at radius 2 is 2.39 bits per heavy atom. The van der Waals surface area contributed by atoms with E-state index in [1.807, 2.05) is 10.6 Å². The van der Waals surface area contributed by atoms with Crippen molar-refractivity contribution in [1.82, 2.24) is 19.9 Å². The first kappa shape index (κ1) is 13.3. The first-order valence-electron chi connectivity index (χ1n) is 5.43. The summed E-state index contributed by atoms with van der Waals surface area (Å²) < 4.78 is 2.75. The van der Waals surface area contributed by atoms with Crippen molar-refractivity contribution in [2.75, 3.05) is 7.05 Å². The number of halogens is 2. The highest BCUT2D eigenvalue weighted by Crippen LogP contribution is 2.19. The molecular weight excluding hydrogens is 320 g/mol. The molecule has 2 rings (SSSR count). The number of imidazole rings is 1. The van der Waals surface area contributed by atoms with Gasteiger partial charge in [0.05, 0.1) is 5.88 Å². The number of aromatic nitrogens is 3. The molecule has 0 radical (unpaired) electrons. The van der Waals surface area contributed by atoms with Gasteiger partial charge in [-0.05, 0) is 22.0 Å². The van der Waals surface area contributed by atoms with Crippen molar-refractivity contribution in [2.24, 2.45) is 0 Å². The Morgan fingerprint density at radius 3 is 3.06 bits per heavy atom. The second-order valence-corrected chi connectivity index (χ2v) is 4.92. The van der Waals surface area contributed by atoms with Crippen molar-refractivity contribution in [3.05, 3.63) is 22.6 Å². The zero-order chi connectivity index (χ0) is 13.1. The van der Waals surface area contributed by atoms with Gasteiger partial charge in [0.2, 0.25) is 5.91 Å². The van der Waals surface area contributed by atoms with Gasteiger partial charge >= 0.3 is 0 Å². The highest BCUT2D eigenvalue weighted by molar-refractivity contribution is 9.10. The normalized spacial score (nSPS) is 10.8. The van der Waals surface area contributed by atoms with E-state index in [4.69, 9.17) is 11.6 Å². The number of fused-ring (bicyclic) bond motifs is 1. The fraction of sp³-hybridized carbons (Fsp3) is 0.364. The fourth-order valence-corrected chi connectivity index (χ4v) is 2.23. The van der Waals surface area contributed by atoms with Crippen molar-refractivity contribution < 1.29 is 4.79 Å². The van der Waals surface area contributed by atoms with Gasteiger partial charge in [-0.2, -0.15) is 0 Å². The lowest BCUT2D eigenvalue weighted by atomic mass is 10.4. The number of aryl methyl sites for hydroxylation is 1. The lowest BCUT2D eigenvalue weighted by molar-refractivity contribution is -0.120. The van der Waals surface area contributed by atoms with E-state index in [9.17, 15) is 4.79 Å². The van der Waals surface area contributed by atoms with Gasteiger partial charge in [0.1, 0.15) is 11.3 Å². The standard InChI is InChI=1S/C11H12BrClN4O/c1-14-10(18)2-3-17-9(5-13)16-8-4-7(12)6-15-11(8)17/h4,6H,2-3,5H2,1H3,(H,14,18). The quantitative estimate of drug-likeness (QED) is 0.873. The zero-order valence-corrected chi connectivity index (χ0v) is 12.1. The largest absolute Gasteiger partial charge is 0.359 e. The lowest BCUT2D eigenvalue weighted by Crippen LogP contribution is -2.20. The summed E-state index contributed by atoms with van der Waals surface area (Å²) in [6.45, 7) is 0.521. The summed E-state index contributed by atoms with van der Waals surface area (Å²) >= 11 is 9.22. The van der Waals surface area contributed by atoms with Crippen molar-refractivity contribution in [2.45, 2.75) is 18.8 Å². The number of pyridine rings is 1. The number of alkyl halides is 1. The predicted molar refractivity (Wildman–Crippen MR) is 73.5 cm³/mol. The molecule has 0 fully saturated rings. The summed E-state index contributed by atoms with van der Waals surface area (Å²) in [5, 5.41) is 2.59. The molecule has 0 aliphatic heterocycles. The average molecular weight is 332 g/mol. The number of hydrogen-bond donors (Lipinski definition) is 1. The summed E-state index contributed by atoms with van der Waals surface area (Å²) in [5.74, 6) is 0.998. The number of rotatable bonds is 4. The Hall–Kier alpha value is -1.14. The van der Waals surface area contributed by atoms with E-state index in [1.54, 1.807) is 13.2 Å². The third-order valence-corrected chi connectivity index (χ3v) is 3.26. The lowest BCUT2D eigenvalue weighted by Gasteiger charge is -2.06. The molecule has 5 nitrogen and oxygen atoms in total. The summed E-state index contributed by atoms with van der Waals surface area (Å²) in [6.07, 6.45) is 2.09. The topological polar surface area (TPSA) is 59.8 Å². The molecule has 1 N–H and O–H groups in total. The summed E-state index contributed by atoms with van der Waals surface area (Å²) in [5.41, 5.74) is 1.52. The van der Waals surface area contributed by atoms with Crippen molar-refractivity contribution in [3.8, 4) is 0 Å². The van der Waals surface area contributed by atoms with Crippen LogP contribution in [0.1, 0.15) is 12.2 Å². The number of hydrogen-bond acceptors (Lipinski definition) is 3. The van der Waals surface area contributed by atoms with Crippen LogP contribution >= 0.6 is 27.5 Å². The molecule has 96 valence electrons. The van der Waals surface area contributed by atoms with Crippen LogP contribution in [-0.4, -0.2) is 27.5 Å². The molecule has 0 spiro atoms. The Bertz CT molecular complexity index is 584. The van der Waals surface area contributed by atoms with Crippen LogP contribution in [0, 0.1) is 0 Å². The number of amides is 1. The number of nitrogens with zero attached hydrogens (tertiary/aromatic N) is 3. The summed E-state index contributed by atoms with van der Waals surface area (Å²) in [7, 11) is 1.62. The number of carbonyl (C=O) groups excluding carboxylic acids is 1. The minimum absolute atomic E-state index is 0.0190. The molecule has 0 aromatic carbocycles. The summed E-state index contributed by atoms with van der Waals surface area (Å²) in [6, 6.07) is 1.88. The molecule has 0 aliphatic carbocycles. The van der Waals surface area contributed by atoms with Gasteiger partial charge in [0.15, 0.2) is 5.65 Å². The molecule has 0 saturated carbocycles. The van der Waals surface area contributed by atoms with Gasteiger partial charge in [0.25, 0.3) is 0 Å². The van der Waals surface area contributed by atoms with Crippen LogP contribution in [0.2, 0.25) is 0 Å². The van der Waals surface area contributed by atoms with Crippen molar-refractivity contribution in [3.63, 3.8) is 0 Å². The molecule has 2 aromatic rings. The van der Waals surface area contributed by atoms with Gasteiger partial charge < -0.3 is 9.88 Å². The first-order valence-corrected chi connectivity index (χ1v) is 6.75. The Kier molecular flexibility index (Phi) is 4.19. The van der Waals surface area contributed by atoms with Crippen LogP contribution in [0.25, 0.3) is 11.2 Å². The molecule has 0 atom stereocenters. The Morgan fingerprint density at radius 1 is 1.61 bits per heavy atom. The monoisotopic (exact) mass is 330 g/mol. The third-order valence-electron chi connectivity index (χ3n) is 2.59. The van der Waals surface area contributed by atoms with Crippen molar-refractivity contribution in [1.29, 1.82) is 0 Å². The van der Waals surface area contributed by atoms with E-state index in [-0.39, 0.29) is 5.91 Å². The van der Waals surface area contributed by atoms with Crippen LogP contribution in [-0.2, 0) is 17.2 Å². The highest BCUT2D eigenvalue weighted by Gasteiger charge is 2.12. The fourth-order valence-electron chi connectivity index (χ4n) is 1.71. The van der Waals surface area contributed by atoms with Crippen LogP contribution in [0.4, 0.5) is 0 Å². The molecule has 1 amide bonds. The third kappa shape index (κ3) is 2.64. The average Bonchev–Trinajstić information content (AvgIpc) is 2.72. The van der Waals surface area contributed by atoms with Crippen LogP contribution in [0.15, 0.2) is 16.7 Å². The Balaban J connectivity index is 2.37. The molecule has 2 aromatic heterocycles.